The van der Waals surface area contributed by atoms with Gasteiger partial charge in [-0.1, -0.05) is 0 Å². The molecule has 7 nitrogen and oxygen atoms in total. The quantitative estimate of drug-likeness (QED) is 0.681. The van der Waals surface area contributed by atoms with Crippen LogP contribution in [-0.2, 0) is 14.8 Å². The van der Waals surface area contributed by atoms with E-state index in [2.05, 4.69) is 26.9 Å². The second-order valence-electron chi connectivity index (χ2n) is 6.99. The zero-order valence-corrected chi connectivity index (χ0v) is 18.4. The number of sulfonamides is 1. The molecule has 0 unspecified atom stereocenters. The van der Waals surface area contributed by atoms with Gasteiger partial charge in [0.25, 0.3) is 10.0 Å². The first-order valence-corrected chi connectivity index (χ1v) is 12.0. The third-order valence-electron chi connectivity index (χ3n) is 4.78. The van der Waals surface area contributed by atoms with E-state index in [4.69, 9.17) is 0 Å². The lowest BCUT2D eigenvalue weighted by Crippen LogP contribution is -2.44. The Kier molecular flexibility index (Phi) is 6.71. The van der Waals surface area contributed by atoms with Gasteiger partial charge in [0.15, 0.2) is 0 Å². The minimum atomic E-state index is -3.77. The molecule has 3 rings (SSSR count). The van der Waals surface area contributed by atoms with Gasteiger partial charge in [-0.3, -0.25) is 9.52 Å². The molecule has 1 saturated heterocycles. The molecule has 2 aromatic carbocycles. The Hall–Kier alpha value is -2.23. The largest absolute Gasteiger partial charge is 0.369 e. The fourth-order valence-electron chi connectivity index (χ4n) is 3.16. The van der Waals surface area contributed by atoms with Crippen LogP contribution in [0.15, 0.2) is 52.3 Å². The van der Waals surface area contributed by atoms with E-state index in [1.54, 1.807) is 18.2 Å². The summed E-state index contributed by atoms with van der Waals surface area (Å²) >= 11 is 1.44. The van der Waals surface area contributed by atoms with Crippen LogP contribution < -0.4 is 14.9 Å². The molecule has 29 heavy (non-hydrogen) atoms. The van der Waals surface area contributed by atoms with Crippen molar-refractivity contribution in [2.75, 3.05) is 54.4 Å². The van der Waals surface area contributed by atoms with Crippen LogP contribution in [0, 0.1) is 0 Å². The summed E-state index contributed by atoms with van der Waals surface area (Å²) in [6.45, 7) is 5.32. The van der Waals surface area contributed by atoms with Crippen molar-refractivity contribution >= 4 is 44.8 Å². The highest BCUT2D eigenvalue weighted by Gasteiger charge is 2.18. The maximum Gasteiger partial charge on any atom is 0.261 e. The van der Waals surface area contributed by atoms with Gasteiger partial charge in [0, 0.05) is 49.4 Å². The Morgan fingerprint density at radius 1 is 1.03 bits per heavy atom. The number of piperazine rings is 1. The molecule has 0 bridgehead atoms. The second-order valence-corrected chi connectivity index (χ2v) is 9.52. The highest BCUT2D eigenvalue weighted by atomic mass is 32.2. The van der Waals surface area contributed by atoms with Crippen molar-refractivity contribution in [1.82, 2.24) is 4.90 Å². The van der Waals surface area contributed by atoms with Crippen molar-refractivity contribution < 1.29 is 13.2 Å². The lowest BCUT2D eigenvalue weighted by molar-refractivity contribution is -0.114. The summed E-state index contributed by atoms with van der Waals surface area (Å²) in [6.07, 6.45) is 1.87. The monoisotopic (exact) mass is 434 g/mol. The maximum absolute atomic E-state index is 12.8. The third-order valence-corrected chi connectivity index (χ3v) is 6.95. The lowest BCUT2D eigenvalue weighted by Gasteiger charge is -2.34. The molecule has 9 heteroatoms. The van der Waals surface area contributed by atoms with Crippen LogP contribution in [-0.4, -0.2) is 58.7 Å². The first-order valence-electron chi connectivity index (χ1n) is 9.30. The van der Waals surface area contributed by atoms with E-state index in [0.29, 0.717) is 11.4 Å². The summed E-state index contributed by atoms with van der Waals surface area (Å²) in [5.74, 6) is -0.248. The standard InChI is InChI=1S/C20H26N4O3S2/c1-15(25)21-19-14-18(8-9-20(19)28-3)29(26,27)22-16-4-6-17(7-5-16)24-12-10-23(2)11-13-24/h4-9,14,22H,10-13H2,1-3H3,(H,21,25). The number of nitrogens with zero attached hydrogens (tertiary/aromatic N) is 2. The number of likely N-dealkylation sites (N-methyl/N-ethyl adjacent to an activating group) is 1. The van der Waals surface area contributed by atoms with Gasteiger partial charge in [-0.25, -0.2) is 8.42 Å². The third kappa shape index (κ3) is 5.43. The van der Waals surface area contributed by atoms with Crippen LogP contribution in [0.25, 0.3) is 0 Å². The summed E-state index contributed by atoms with van der Waals surface area (Å²) in [6, 6.07) is 12.1. The van der Waals surface area contributed by atoms with Crippen molar-refractivity contribution in [3.05, 3.63) is 42.5 Å². The predicted octanol–water partition coefficient (Wildman–Crippen LogP) is 2.92. The van der Waals surface area contributed by atoms with Crippen molar-refractivity contribution in [2.45, 2.75) is 16.7 Å². The average molecular weight is 435 g/mol. The van der Waals surface area contributed by atoms with Gasteiger partial charge in [-0.2, -0.15) is 0 Å². The molecule has 0 aromatic heterocycles. The summed E-state index contributed by atoms with van der Waals surface area (Å²) in [5, 5.41) is 2.69. The fraction of sp³-hybridized carbons (Fsp3) is 0.350. The molecule has 0 radical (unpaired) electrons. The summed E-state index contributed by atoms with van der Waals surface area (Å²) in [7, 11) is -1.66. The molecule has 0 spiro atoms. The molecule has 1 aliphatic heterocycles. The number of hydrogen-bond acceptors (Lipinski definition) is 6. The van der Waals surface area contributed by atoms with Gasteiger partial charge in [-0.15, -0.1) is 11.8 Å². The average Bonchev–Trinajstić information content (AvgIpc) is 2.68. The van der Waals surface area contributed by atoms with E-state index >= 15 is 0 Å². The van der Waals surface area contributed by atoms with Gasteiger partial charge < -0.3 is 15.1 Å². The molecule has 2 N–H and O–H groups in total. The number of benzene rings is 2. The van der Waals surface area contributed by atoms with Crippen LogP contribution in [0.2, 0.25) is 0 Å². The number of anilines is 3. The SMILES string of the molecule is CSc1ccc(S(=O)(=O)Nc2ccc(N3CCN(C)CC3)cc2)cc1NC(C)=O. The Bertz CT molecular complexity index is 970. The van der Waals surface area contributed by atoms with E-state index in [9.17, 15) is 13.2 Å². The molecule has 1 amide bonds. The summed E-state index contributed by atoms with van der Waals surface area (Å²) in [5.41, 5.74) is 2.06. The predicted molar refractivity (Wildman–Crippen MR) is 119 cm³/mol. The van der Waals surface area contributed by atoms with Crippen molar-refractivity contribution in [1.29, 1.82) is 0 Å². The number of carbonyl (C=O) groups excluding carboxylic acids is 1. The molecule has 1 aliphatic rings. The van der Waals surface area contributed by atoms with Crippen LogP contribution in [0.3, 0.4) is 0 Å². The molecular formula is C20H26N4O3S2. The molecule has 1 fully saturated rings. The summed E-state index contributed by atoms with van der Waals surface area (Å²) < 4.78 is 28.2. The minimum Gasteiger partial charge on any atom is -0.369 e. The van der Waals surface area contributed by atoms with E-state index in [1.807, 2.05) is 18.4 Å². The van der Waals surface area contributed by atoms with Gasteiger partial charge in [0.2, 0.25) is 5.91 Å². The number of carbonyl (C=O) groups is 1. The maximum atomic E-state index is 12.8. The second kappa shape index (κ2) is 9.06. The molecule has 1 heterocycles. The van der Waals surface area contributed by atoms with Crippen LogP contribution in [0.5, 0.6) is 0 Å². The van der Waals surface area contributed by atoms with Crippen molar-refractivity contribution in [3.63, 3.8) is 0 Å². The first kappa shape index (κ1) is 21.5. The smallest absolute Gasteiger partial charge is 0.261 e. The van der Waals surface area contributed by atoms with Crippen molar-refractivity contribution in [3.8, 4) is 0 Å². The molecule has 156 valence electrons. The van der Waals surface area contributed by atoms with Crippen LogP contribution >= 0.6 is 11.8 Å². The molecular weight excluding hydrogens is 408 g/mol. The van der Waals surface area contributed by atoms with Crippen LogP contribution in [0.4, 0.5) is 17.1 Å². The van der Waals surface area contributed by atoms with Gasteiger partial charge in [0.1, 0.15) is 0 Å². The van der Waals surface area contributed by atoms with Crippen molar-refractivity contribution in [2.24, 2.45) is 0 Å². The minimum absolute atomic E-state index is 0.0993. The molecule has 0 saturated carbocycles. The molecule has 2 aromatic rings. The highest BCUT2D eigenvalue weighted by molar-refractivity contribution is 7.98. The topological polar surface area (TPSA) is 81.8 Å². The van der Waals surface area contributed by atoms with E-state index < -0.39 is 10.0 Å². The number of thioether (sulfide) groups is 1. The van der Waals surface area contributed by atoms with Gasteiger partial charge in [-0.05, 0) is 55.8 Å². The van der Waals surface area contributed by atoms with E-state index in [-0.39, 0.29) is 10.8 Å². The Morgan fingerprint density at radius 2 is 1.69 bits per heavy atom. The zero-order valence-electron chi connectivity index (χ0n) is 16.8. The number of amides is 1. The van der Waals surface area contributed by atoms with Gasteiger partial charge >= 0.3 is 0 Å². The number of nitrogens with one attached hydrogen (secondary N) is 2. The Balaban J connectivity index is 1.76. The molecule has 0 atom stereocenters. The van der Waals surface area contributed by atoms with Crippen LogP contribution in [0.1, 0.15) is 6.92 Å². The highest BCUT2D eigenvalue weighted by Crippen LogP contribution is 2.29. The Morgan fingerprint density at radius 3 is 2.28 bits per heavy atom. The van der Waals surface area contributed by atoms with E-state index in [0.717, 1.165) is 36.8 Å². The normalized spacial score (nSPS) is 15.2. The fourth-order valence-corrected chi connectivity index (χ4v) is 4.78. The van der Waals surface area contributed by atoms with Gasteiger partial charge in [0.05, 0.1) is 10.6 Å². The summed E-state index contributed by atoms with van der Waals surface area (Å²) in [4.78, 5) is 16.9. The number of hydrogen-bond donors (Lipinski definition) is 2. The first-order chi connectivity index (χ1) is 13.8. The molecule has 0 aliphatic carbocycles. The number of rotatable bonds is 6. The zero-order chi connectivity index (χ0) is 21.0. The lowest BCUT2D eigenvalue weighted by atomic mass is 10.2. The van der Waals surface area contributed by atoms with E-state index in [1.165, 1.54) is 30.8 Å². The Labute approximate surface area is 176 Å².